The maximum Gasteiger partial charge on any atom is 0.120 e. The third kappa shape index (κ3) is 3.15. The van der Waals surface area contributed by atoms with Crippen molar-refractivity contribution >= 4 is 27.5 Å². The zero-order chi connectivity index (χ0) is 12.3. The van der Waals surface area contributed by atoms with Crippen molar-refractivity contribution in [1.29, 1.82) is 0 Å². The summed E-state index contributed by atoms with van der Waals surface area (Å²) in [6, 6.07) is 5.86. The third-order valence-corrected chi connectivity index (χ3v) is 4.75. The lowest BCUT2D eigenvalue weighted by molar-refractivity contribution is 0.0662. The van der Waals surface area contributed by atoms with E-state index in [-0.39, 0.29) is 0 Å². The molecule has 1 unspecified atom stereocenters. The number of hydrogen-bond donors (Lipinski definition) is 0. The molecule has 1 fully saturated rings. The Kier molecular flexibility index (Phi) is 4.71. The maximum atomic E-state index is 6.28. The predicted octanol–water partition coefficient (Wildman–Crippen LogP) is 4.21. The van der Waals surface area contributed by atoms with Crippen molar-refractivity contribution in [3.05, 3.63) is 28.8 Å². The Morgan fingerprint density at radius 3 is 2.71 bits per heavy atom. The Balaban J connectivity index is 2.15. The second kappa shape index (κ2) is 6.07. The molecule has 0 bridgehead atoms. The fourth-order valence-electron chi connectivity index (χ4n) is 2.12. The van der Waals surface area contributed by atoms with Gasteiger partial charge in [0.05, 0.1) is 7.11 Å². The van der Waals surface area contributed by atoms with Gasteiger partial charge in [0.15, 0.2) is 0 Å². The van der Waals surface area contributed by atoms with Gasteiger partial charge in [-0.2, -0.15) is 0 Å². The van der Waals surface area contributed by atoms with Crippen molar-refractivity contribution in [3.8, 4) is 5.75 Å². The Morgan fingerprint density at radius 1 is 1.41 bits per heavy atom. The highest BCUT2D eigenvalue weighted by atomic mass is 79.9. The Hall–Kier alpha value is -0.250. The third-order valence-electron chi connectivity index (χ3n) is 3.18. The minimum Gasteiger partial charge on any atom is -0.497 e. The molecule has 2 rings (SSSR count). The van der Waals surface area contributed by atoms with Gasteiger partial charge in [-0.3, -0.25) is 0 Å². The van der Waals surface area contributed by atoms with Crippen molar-refractivity contribution in [2.75, 3.05) is 20.3 Å². The van der Waals surface area contributed by atoms with E-state index in [1.165, 1.54) is 0 Å². The van der Waals surface area contributed by atoms with E-state index < -0.39 is 0 Å². The highest BCUT2D eigenvalue weighted by Gasteiger charge is 2.24. The monoisotopic (exact) mass is 318 g/mol. The lowest BCUT2D eigenvalue weighted by Crippen LogP contribution is -2.19. The summed E-state index contributed by atoms with van der Waals surface area (Å²) in [7, 11) is 1.65. The minimum absolute atomic E-state index is 0.296. The topological polar surface area (TPSA) is 18.5 Å². The normalized spacial score (nSPS) is 19.0. The van der Waals surface area contributed by atoms with Gasteiger partial charge in [-0.25, -0.2) is 0 Å². The van der Waals surface area contributed by atoms with Gasteiger partial charge in [0.25, 0.3) is 0 Å². The number of alkyl halides is 1. The quantitative estimate of drug-likeness (QED) is 0.777. The van der Waals surface area contributed by atoms with Gasteiger partial charge < -0.3 is 9.47 Å². The van der Waals surface area contributed by atoms with Crippen molar-refractivity contribution in [1.82, 2.24) is 0 Å². The molecule has 0 spiro atoms. The van der Waals surface area contributed by atoms with Crippen LogP contribution in [0, 0.1) is 5.92 Å². The first-order valence-electron chi connectivity index (χ1n) is 5.77. The van der Waals surface area contributed by atoms with Crippen LogP contribution in [0.1, 0.15) is 23.2 Å². The van der Waals surface area contributed by atoms with Gasteiger partial charge >= 0.3 is 0 Å². The van der Waals surface area contributed by atoms with Gasteiger partial charge in [0, 0.05) is 23.1 Å². The van der Waals surface area contributed by atoms with Crippen molar-refractivity contribution in [3.63, 3.8) is 0 Å². The first-order chi connectivity index (χ1) is 8.22. The van der Waals surface area contributed by atoms with E-state index >= 15 is 0 Å². The molecule has 1 aliphatic heterocycles. The maximum absolute atomic E-state index is 6.28. The molecule has 0 aliphatic carbocycles. The Labute approximate surface area is 115 Å². The van der Waals surface area contributed by atoms with Crippen LogP contribution in [-0.2, 0) is 4.74 Å². The molecule has 1 aliphatic rings. The van der Waals surface area contributed by atoms with Gasteiger partial charge in [-0.1, -0.05) is 33.6 Å². The van der Waals surface area contributed by atoms with E-state index in [4.69, 9.17) is 21.1 Å². The van der Waals surface area contributed by atoms with Gasteiger partial charge in [-0.05, 0) is 36.5 Å². The van der Waals surface area contributed by atoms with Crippen molar-refractivity contribution in [2.45, 2.75) is 17.7 Å². The predicted molar refractivity (Wildman–Crippen MR) is 73.2 cm³/mol. The molecule has 1 atom stereocenters. The van der Waals surface area contributed by atoms with Crippen LogP contribution in [0.4, 0.5) is 0 Å². The summed E-state index contributed by atoms with van der Waals surface area (Å²) in [5, 5.41) is 0.762. The molecule has 0 saturated carbocycles. The molecule has 0 N–H and O–H groups in total. The Morgan fingerprint density at radius 2 is 2.12 bits per heavy atom. The molecule has 2 nitrogen and oxygen atoms in total. The van der Waals surface area contributed by atoms with E-state index in [0.717, 1.165) is 42.4 Å². The van der Waals surface area contributed by atoms with Crippen molar-refractivity contribution in [2.24, 2.45) is 5.92 Å². The zero-order valence-electron chi connectivity index (χ0n) is 9.79. The summed E-state index contributed by atoms with van der Waals surface area (Å²) < 4.78 is 10.5. The standard InChI is InChI=1S/C13H16BrClO2/c1-16-10-2-3-11(12(15)8-10)13(14)9-4-6-17-7-5-9/h2-3,8-9,13H,4-7H2,1H3. The number of rotatable bonds is 3. The molecular weight excluding hydrogens is 303 g/mol. The second-order valence-electron chi connectivity index (χ2n) is 4.24. The number of hydrogen-bond acceptors (Lipinski definition) is 2. The summed E-state index contributed by atoms with van der Waals surface area (Å²) in [5.74, 6) is 1.39. The average Bonchev–Trinajstić information content (AvgIpc) is 2.39. The van der Waals surface area contributed by atoms with Crippen LogP contribution in [0.15, 0.2) is 18.2 Å². The largest absolute Gasteiger partial charge is 0.497 e. The molecule has 0 aromatic heterocycles. The van der Waals surface area contributed by atoms with Crippen LogP contribution >= 0.6 is 27.5 Å². The highest BCUT2D eigenvalue weighted by Crippen LogP contribution is 2.40. The molecule has 0 radical (unpaired) electrons. The number of ether oxygens (including phenoxy) is 2. The number of halogens is 2. The van der Waals surface area contributed by atoms with E-state index in [2.05, 4.69) is 15.9 Å². The summed E-state index contributed by atoms with van der Waals surface area (Å²) >= 11 is 10.0. The molecule has 94 valence electrons. The van der Waals surface area contributed by atoms with E-state index in [1.54, 1.807) is 7.11 Å². The lowest BCUT2D eigenvalue weighted by atomic mass is 9.92. The molecular formula is C13H16BrClO2. The summed E-state index contributed by atoms with van der Waals surface area (Å²) in [6.07, 6.45) is 2.16. The van der Waals surface area contributed by atoms with Crippen LogP contribution in [-0.4, -0.2) is 20.3 Å². The van der Waals surface area contributed by atoms with Gasteiger partial charge in [0.2, 0.25) is 0 Å². The van der Waals surface area contributed by atoms with Gasteiger partial charge in [0.1, 0.15) is 5.75 Å². The first-order valence-corrected chi connectivity index (χ1v) is 7.07. The zero-order valence-corrected chi connectivity index (χ0v) is 12.1. The SMILES string of the molecule is COc1ccc(C(Br)C2CCOCC2)c(Cl)c1. The van der Waals surface area contributed by atoms with Gasteiger partial charge in [-0.15, -0.1) is 0 Å². The van der Waals surface area contributed by atoms with Crippen LogP contribution < -0.4 is 4.74 Å². The van der Waals surface area contributed by atoms with Crippen LogP contribution in [0.5, 0.6) is 5.75 Å². The number of benzene rings is 1. The molecule has 1 aromatic carbocycles. The van der Waals surface area contributed by atoms with E-state index in [9.17, 15) is 0 Å². The number of methoxy groups -OCH3 is 1. The summed E-state index contributed by atoms with van der Waals surface area (Å²) in [5.41, 5.74) is 1.14. The van der Waals surface area contributed by atoms with E-state index in [1.807, 2.05) is 18.2 Å². The minimum atomic E-state index is 0.296. The van der Waals surface area contributed by atoms with Crippen LogP contribution in [0.2, 0.25) is 5.02 Å². The second-order valence-corrected chi connectivity index (χ2v) is 5.63. The summed E-state index contributed by atoms with van der Waals surface area (Å²) in [4.78, 5) is 0.296. The van der Waals surface area contributed by atoms with Crippen LogP contribution in [0.3, 0.4) is 0 Å². The lowest BCUT2D eigenvalue weighted by Gasteiger charge is -2.27. The average molecular weight is 320 g/mol. The first kappa shape index (κ1) is 13.2. The highest BCUT2D eigenvalue weighted by molar-refractivity contribution is 9.09. The fourth-order valence-corrected chi connectivity index (χ4v) is 3.47. The van der Waals surface area contributed by atoms with E-state index in [0.29, 0.717) is 10.7 Å². The molecule has 1 heterocycles. The fraction of sp³-hybridized carbons (Fsp3) is 0.538. The molecule has 0 amide bonds. The van der Waals surface area contributed by atoms with Crippen molar-refractivity contribution < 1.29 is 9.47 Å². The summed E-state index contributed by atoms with van der Waals surface area (Å²) in [6.45, 7) is 1.70. The molecule has 17 heavy (non-hydrogen) atoms. The molecule has 4 heteroatoms. The molecule has 1 aromatic rings. The smallest absolute Gasteiger partial charge is 0.120 e. The van der Waals surface area contributed by atoms with Crippen LogP contribution in [0.25, 0.3) is 0 Å². The Bertz CT molecular complexity index is 378. The molecule has 1 saturated heterocycles.